The van der Waals surface area contributed by atoms with E-state index in [1.807, 2.05) is 60.7 Å². The normalized spacial score (nSPS) is 44.7. The Bertz CT molecular complexity index is 3930. The van der Waals surface area contributed by atoms with E-state index in [1.54, 1.807) is 14.2 Å². The van der Waals surface area contributed by atoms with E-state index in [4.69, 9.17) is 38.2 Å². The molecule has 0 aromatic heterocycles. The van der Waals surface area contributed by atoms with Gasteiger partial charge >= 0.3 is 17.9 Å². The fourth-order valence-electron chi connectivity index (χ4n) is 40.4. The van der Waals surface area contributed by atoms with Gasteiger partial charge in [-0.05, 0) is 499 Å². The van der Waals surface area contributed by atoms with Gasteiger partial charge in [0, 0.05) is 18.6 Å². The number of nitrogens with two attached hydrogens (primary N) is 1. The fourth-order valence-corrected chi connectivity index (χ4v) is 40.4. The van der Waals surface area contributed by atoms with Crippen LogP contribution in [0.1, 0.15) is 331 Å². The molecule has 2 radical (unpaired) electrons. The maximum atomic E-state index is 12.2. The van der Waals surface area contributed by atoms with Crippen LogP contribution in [0.4, 0.5) is 4.79 Å². The number of carboxylic acids is 3. The molecule has 12 N–H and O–H groups in total. The van der Waals surface area contributed by atoms with Crippen molar-refractivity contribution in [3.8, 4) is 6.07 Å². The Morgan fingerprint density at radius 2 is 0.575 bits per heavy atom. The first-order chi connectivity index (χ1) is 63.6. The van der Waals surface area contributed by atoms with Crippen molar-refractivity contribution in [2.45, 2.75) is 344 Å². The standard InChI is InChI=1S/C20H26N2O.C20H27NO3.C13H18BNO3.C12H19NO2.2C12H20O2.2C11H18O.2ClH/c21-12-19(22-18(13-23)17-4-2-1-3-5-17)20-9-14-6-15(10-20)8-16(7-14)11-20;22-12-17(16-4-2-1-3-5-16)21-18(19(23)24)20-9-13-6-14(10-20)8-15(7-13)11-20;14-12(18)15-10(11(16)17)13-4-7-1-8(5-13)3-9(2-7)6-13;13-10(11(14)15)12-4-7-1-8(5-12)3-9(2-7)6-12;2*1-13-14-8-12-5-9-2-10(6-12)4-11(3-9)7-12;2*12-7-11-4-8-1-9(5-11)3-10(2-8)6-11;;/h1-5,14-16,18-19,22-23H,6-11,13H2;1-5,13-15,17-18,21-22H,6-12H2,(H,23,24);7-10H,1-6H2,(H,15,18)(H,16,17);7-10H,1-6,13H2,(H,14,15);2*9-11H,2-8H2,1H3;2*8-10,12H,1-7H2;2*1H/t14?,15?,16?,18-,19+,20?;13?,14?,15?,17-,18+,20?;7?,8?,9?,10-,13?;7?,8?,9?,10-,12?;;;;;;/m0011....../s1. The molecule has 744 valence electrons. The summed E-state index contributed by atoms with van der Waals surface area (Å²) in [5.41, 5.74) is 9.49. The van der Waals surface area contributed by atoms with Crippen LogP contribution in [0.5, 0.6) is 0 Å². The summed E-state index contributed by atoms with van der Waals surface area (Å²) in [6.45, 7) is 2.57. The van der Waals surface area contributed by atoms with Gasteiger partial charge in [0.05, 0.1) is 58.8 Å². The molecule has 32 fully saturated rings. The maximum absolute atomic E-state index is 12.2. The largest absolute Gasteiger partial charge is 0.480 e. The quantitative estimate of drug-likeness (QED) is 0.0264. The maximum Gasteiger partial charge on any atom is 0.326 e. The number of nitrogens with zero attached hydrogens (tertiary/aromatic N) is 1. The third-order valence-electron chi connectivity index (χ3n) is 41.8. The number of nitriles is 1. The van der Waals surface area contributed by atoms with Crippen LogP contribution in [0.15, 0.2) is 60.7 Å². The van der Waals surface area contributed by atoms with Gasteiger partial charge in [0.15, 0.2) is 5.81 Å². The highest BCUT2D eigenvalue weighted by Crippen LogP contribution is 2.69. The van der Waals surface area contributed by atoms with Crippen molar-refractivity contribution in [1.29, 1.82) is 5.26 Å². The Hall–Kier alpha value is -3.99. The summed E-state index contributed by atoms with van der Waals surface area (Å²) in [6.07, 6.45) is 63.1. The van der Waals surface area contributed by atoms with E-state index < -0.39 is 41.8 Å². The van der Waals surface area contributed by atoms with Gasteiger partial charge in [-0.25, -0.2) is 24.3 Å². The van der Waals surface area contributed by atoms with Crippen LogP contribution >= 0.6 is 24.8 Å². The number of aliphatic hydroxyl groups is 4. The minimum atomic E-state index is -0.934. The van der Waals surface area contributed by atoms with E-state index in [-0.39, 0.29) is 77.8 Å². The number of hydrogen-bond donors (Lipinski definition) is 11. The highest BCUT2D eigenvalue weighted by atomic mass is 35.5. The first-order valence-electron chi connectivity index (χ1n) is 53.8. The molecule has 0 saturated heterocycles. The first kappa shape index (κ1) is 102. The number of carboxylic acid groups (broad SMARTS) is 3. The average molecular weight is 1890 g/mol. The summed E-state index contributed by atoms with van der Waals surface area (Å²) in [5, 5.41) is 86.2. The molecule has 0 aliphatic heterocycles. The molecule has 6 atom stereocenters. The third-order valence-corrected chi connectivity index (χ3v) is 41.8. The van der Waals surface area contributed by atoms with E-state index in [0.717, 1.165) is 189 Å². The molecule has 1 amide bonds. The monoisotopic (exact) mass is 1890 g/mol. The lowest BCUT2D eigenvalue weighted by Gasteiger charge is -2.59. The van der Waals surface area contributed by atoms with Crippen LogP contribution in [0.3, 0.4) is 0 Å². The number of benzene rings is 2. The Morgan fingerprint density at radius 3 is 0.791 bits per heavy atom. The van der Waals surface area contributed by atoms with Crippen LogP contribution in [0.2, 0.25) is 0 Å². The molecule has 23 heteroatoms. The van der Waals surface area contributed by atoms with Crippen LogP contribution in [-0.4, -0.2) is 145 Å². The first-order valence-corrected chi connectivity index (χ1v) is 53.8. The lowest BCUT2D eigenvalue weighted by molar-refractivity contribution is -0.301. The zero-order valence-corrected chi connectivity index (χ0v) is 82.7. The number of carbonyl (C=O) groups is 4. The Morgan fingerprint density at radius 1 is 0.351 bits per heavy atom. The number of rotatable bonds is 24. The van der Waals surface area contributed by atoms with Gasteiger partial charge in [0.25, 0.3) is 0 Å². The van der Waals surface area contributed by atoms with Crippen LogP contribution in [-0.2, 0) is 33.9 Å². The molecule has 20 nitrogen and oxygen atoms in total. The van der Waals surface area contributed by atoms with Crippen molar-refractivity contribution in [3.63, 3.8) is 0 Å². The summed E-state index contributed by atoms with van der Waals surface area (Å²) in [6, 6.07) is 19.7. The van der Waals surface area contributed by atoms with Crippen LogP contribution in [0.25, 0.3) is 0 Å². The molecule has 0 unspecified atom stereocenters. The van der Waals surface area contributed by atoms with Gasteiger partial charge in [-0.3, -0.25) is 25.0 Å². The number of nitrogens with one attached hydrogen (secondary N) is 3. The SMILES string of the molecule is COOCC12CC3CC(CC(C3)C1)C2.COOCC12CC3CC(CC(C3)C1)C2.Cl.Cl.N#C[C@@H](N[C@@H](CO)c1ccccc1)C12CC3CC(CC(C3)C1)C2.N[C@H](C(=O)O)C12CC3CC(CC(C3)C1)C2.O=C(O)[C@@H](N[C@@H](CO)c1ccccc1)C12CC3CC(CC(C3)C1)C2.OCC12CC3CC(CC(C3)C1)C2.OCC12CC3CC(CC(C3)C1)C2.[B]C(=O)N[C@H](C(=O)O)C12CC3CC(CC(C3)C1)C2. The van der Waals surface area contributed by atoms with E-state index in [9.17, 15) is 55.1 Å². The van der Waals surface area contributed by atoms with Gasteiger partial charge in [0.1, 0.15) is 24.2 Å². The average Bonchev–Trinajstić information content (AvgIpc) is 0.735. The van der Waals surface area contributed by atoms with E-state index in [1.165, 1.54) is 250 Å². The Kier molecular flexibility index (Phi) is 31.9. The zero-order valence-electron chi connectivity index (χ0n) is 81.1. The minimum Gasteiger partial charge on any atom is -0.480 e. The van der Waals surface area contributed by atoms with E-state index >= 15 is 0 Å². The second kappa shape index (κ2) is 42.1. The molecule has 0 heterocycles. The van der Waals surface area contributed by atoms with Gasteiger partial charge in [-0.1, -0.05) is 60.7 Å². The molecule has 0 spiro atoms. The van der Waals surface area contributed by atoms with Crippen molar-refractivity contribution >= 4 is 56.4 Å². The summed E-state index contributed by atoms with van der Waals surface area (Å²) in [7, 11) is 8.39. The molecular weight excluding hydrogens is 1720 g/mol. The fraction of sp³-hybridized carbons (Fsp3) is 0.847. The second-order valence-electron chi connectivity index (χ2n) is 52.0. The minimum absolute atomic E-state index is 0. The third kappa shape index (κ3) is 22.1. The van der Waals surface area contributed by atoms with E-state index in [0.29, 0.717) is 70.4 Å². The van der Waals surface area contributed by atoms with Gasteiger partial charge in [-0.2, -0.15) is 5.26 Å². The van der Waals surface area contributed by atoms with Gasteiger partial charge in [0.2, 0.25) is 7.85 Å². The summed E-state index contributed by atoms with van der Waals surface area (Å²) in [4.78, 5) is 65.8. The molecule has 134 heavy (non-hydrogen) atoms. The molecule has 2 aromatic rings. The highest BCUT2D eigenvalue weighted by molar-refractivity contribution is 6.57. The van der Waals surface area contributed by atoms with Crippen LogP contribution < -0.4 is 21.7 Å². The van der Waals surface area contributed by atoms with E-state index in [2.05, 4.69) is 22.0 Å². The Labute approximate surface area is 814 Å². The van der Waals surface area contributed by atoms with Gasteiger partial charge in [-0.15, -0.1) is 24.8 Å². The van der Waals surface area contributed by atoms with Gasteiger partial charge < -0.3 is 46.8 Å². The summed E-state index contributed by atoms with van der Waals surface area (Å²) in [5.74, 6) is 17.8. The van der Waals surface area contributed by atoms with Crippen molar-refractivity contribution < 1.29 is 74.5 Å². The molecule has 32 aliphatic rings. The number of hydrogen-bond acceptors (Lipinski definition) is 16. The summed E-state index contributed by atoms with van der Waals surface area (Å²) >= 11 is 0. The van der Waals surface area contributed by atoms with Crippen molar-refractivity contribution in [1.82, 2.24) is 16.0 Å². The van der Waals surface area contributed by atoms with Crippen LogP contribution in [0, 0.1) is 197 Å². The molecule has 34 rings (SSSR count). The number of carbonyl (C=O) groups excluding carboxylic acids is 1. The lowest BCUT2D eigenvalue weighted by atomic mass is 9.47. The van der Waals surface area contributed by atoms with Crippen molar-refractivity contribution in [3.05, 3.63) is 71.8 Å². The number of aliphatic carboxylic acids is 3. The predicted molar refractivity (Wildman–Crippen MR) is 520 cm³/mol. The molecule has 2 aromatic carbocycles. The molecular formula is C111H168BCl2N5O15. The topological polar surface area (TPSA) is 333 Å². The second-order valence-corrected chi connectivity index (χ2v) is 52.0. The lowest BCUT2D eigenvalue weighted by Crippen LogP contribution is -2.59. The number of aliphatic hydroxyl groups excluding tert-OH is 4. The molecule has 32 bridgehead atoms. The Balaban J connectivity index is 0.000000108. The highest BCUT2D eigenvalue weighted by Gasteiger charge is 2.62. The van der Waals surface area contributed by atoms with Crippen molar-refractivity contribution in [2.75, 3.05) is 53.9 Å². The zero-order chi connectivity index (χ0) is 91.7. The number of halogens is 2. The van der Waals surface area contributed by atoms with Crippen molar-refractivity contribution in [2.24, 2.45) is 191 Å². The number of amides is 1. The molecule has 32 aliphatic carbocycles. The smallest absolute Gasteiger partial charge is 0.326 e. The predicted octanol–water partition coefficient (Wildman–Crippen LogP) is 20.3. The summed E-state index contributed by atoms with van der Waals surface area (Å²) < 4.78 is 0. The molecule has 32 saturated carbocycles.